The minimum absolute atomic E-state index is 0.00769. The van der Waals surface area contributed by atoms with E-state index < -0.39 is 10.0 Å². The van der Waals surface area contributed by atoms with Crippen LogP contribution in [0.3, 0.4) is 0 Å². The molecule has 7 heteroatoms. The molecule has 27 heavy (non-hydrogen) atoms. The maximum Gasteiger partial charge on any atom is 0.240 e. The molecule has 2 rings (SSSR count). The van der Waals surface area contributed by atoms with E-state index in [1.54, 1.807) is 6.07 Å². The van der Waals surface area contributed by atoms with Gasteiger partial charge in [-0.15, -0.1) is 0 Å². The molecule has 0 aliphatic carbocycles. The standard InChI is InChI=1S/C20H24N2O4S/c1-15(17-7-4-3-5-8-17)14-21-20(24)11-12-22-27(25,26)19-10-6-9-18(13-19)16(2)23/h3-10,13,15,22H,11-12,14H2,1-2H3,(H,21,24). The van der Waals surface area contributed by atoms with E-state index in [9.17, 15) is 18.0 Å². The zero-order chi connectivity index (χ0) is 19.9. The molecule has 2 aromatic carbocycles. The van der Waals surface area contributed by atoms with Gasteiger partial charge in [0, 0.05) is 25.1 Å². The molecule has 0 saturated carbocycles. The van der Waals surface area contributed by atoms with Crippen LogP contribution in [-0.4, -0.2) is 33.2 Å². The van der Waals surface area contributed by atoms with Crippen LogP contribution in [0.15, 0.2) is 59.5 Å². The highest BCUT2D eigenvalue weighted by Crippen LogP contribution is 2.13. The van der Waals surface area contributed by atoms with Gasteiger partial charge in [-0.3, -0.25) is 9.59 Å². The summed E-state index contributed by atoms with van der Waals surface area (Å²) in [6.45, 7) is 3.86. The van der Waals surface area contributed by atoms with Crippen LogP contribution >= 0.6 is 0 Å². The molecule has 0 heterocycles. The quantitative estimate of drug-likeness (QED) is 0.646. The highest BCUT2D eigenvalue weighted by Gasteiger charge is 2.16. The van der Waals surface area contributed by atoms with E-state index in [-0.39, 0.29) is 35.5 Å². The molecule has 2 N–H and O–H groups in total. The first kappa shape index (κ1) is 20.8. The van der Waals surface area contributed by atoms with Gasteiger partial charge < -0.3 is 5.32 Å². The van der Waals surface area contributed by atoms with Crippen molar-refractivity contribution in [3.8, 4) is 0 Å². The van der Waals surface area contributed by atoms with Gasteiger partial charge in [0.1, 0.15) is 0 Å². The molecule has 0 radical (unpaired) electrons. The molecule has 144 valence electrons. The largest absolute Gasteiger partial charge is 0.355 e. The van der Waals surface area contributed by atoms with Crippen LogP contribution in [0.25, 0.3) is 0 Å². The summed E-state index contributed by atoms with van der Waals surface area (Å²) in [4.78, 5) is 23.4. The van der Waals surface area contributed by atoms with E-state index in [2.05, 4.69) is 10.0 Å². The molecule has 0 aromatic heterocycles. The lowest BCUT2D eigenvalue weighted by atomic mass is 10.0. The van der Waals surface area contributed by atoms with Gasteiger partial charge in [0.15, 0.2) is 5.78 Å². The van der Waals surface area contributed by atoms with Crippen molar-refractivity contribution in [2.45, 2.75) is 31.1 Å². The number of nitrogens with one attached hydrogen (secondary N) is 2. The van der Waals surface area contributed by atoms with E-state index in [0.29, 0.717) is 12.1 Å². The van der Waals surface area contributed by atoms with E-state index in [1.165, 1.54) is 25.1 Å². The lowest BCUT2D eigenvalue weighted by molar-refractivity contribution is -0.120. The van der Waals surface area contributed by atoms with Gasteiger partial charge >= 0.3 is 0 Å². The van der Waals surface area contributed by atoms with Gasteiger partial charge in [-0.2, -0.15) is 0 Å². The summed E-state index contributed by atoms with van der Waals surface area (Å²) in [5.74, 6) is -0.266. The van der Waals surface area contributed by atoms with Crippen molar-refractivity contribution < 1.29 is 18.0 Å². The van der Waals surface area contributed by atoms with Gasteiger partial charge in [-0.25, -0.2) is 13.1 Å². The number of hydrogen-bond donors (Lipinski definition) is 2. The zero-order valence-corrected chi connectivity index (χ0v) is 16.3. The predicted octanol–water partition coefficient (Wildman–Crippen LogP) is 2.48. The van der Waals surface area contributed by atoms with Crippen molar-refractivity contribution >= 4 is 21.7 Å². The number of carbonyl (C=O) groups excluding carboxylic acids is 2. The Morgan fingerprint density at radius 2 is 1.74 bits per heavy atom. The van der Waals surface area contributed by atoms with Crippen molar-refractivity contribution in [2.24, 2.45) is 0 Å². The Bertz CT molecular complexity index is 895. The fraction of sp³-hybridized carbons (Fsp3) is 0.300. The van der Waals surface area contributed by atoms with E-state index >= 15 is 0 Å². The lowest BCUT2D eigenvalue weighted by Gasteiger charge is -2.13. The van der Waals surface area contributed by atoms with Crippen LogP contribution in [0.2, 0.25) is 0 Å². The summed E-state index contributed by atoms with van der Waals surface area (Å²) < 4.78 is 27.0. The van der Waals surface area contributed by atoms with E-state index in [4.69, 9.17) is 0 Å². The summed E-state index contributed by atoms with van der Waals surface area (Å²) in [6, 6.07) is 15.6. The summed E-state index contributed by atoms with van der Waals surface area (Å²) in [7, 11) is -3.77. The third kappa shape index (κ3) is 6.30. The Morgan fingerprint density at radius 1 is 1.04 bits per heavy atom. The Balaban J connectivity index is 1.82. The summed E-state index contributed by atoms with van der Waals surface area (Å²) >= 11 is 0. The summed E-state index contributed by atoms with van der Waals surface area (Å²) in [5.41, 5.74) is 1.45. The Hall–Kier alpha value is -2.51. The average Bonchev–Trinajstić information content (AvgIpc) is 2.66. The Labute approximate surface area is 160 Å². The molecule has 0 saturated heterocycles. The number of carbonyl (C=O) groups is 2. The zero-order valence-electron chi connectivity index (χ0n) is 15.4. The maximum atomic E-state index is 12.3. The SMILES string of the molecule is CC(=O)c1cccc(S(=O)(=O)NCCC(=O)NCC(C)c2ccccc2)c1. The fourth-order valence-corrected chi connectivity index (χ4v) is 3.60. The number of hydrogen-bond acceptors (Lipinski definition) is 4. The molecular weight excluding hydrogens is 364 g/mol. The van der Waals surface area contributed by atoms with Crippen molar-refractivity contribution in [3.63, 3.8) is 0 Å². The van der Waals surface area contributed by atoms with Gasteiger partial charge in [-0.05, 0) is 30.5 Å². The van der Waals surface area contributed by atoms with E-state index in [1.807, 2.05) is 37.3 Å². The molecule has 0 bridgehead atoms. The predicted molar refractivity (Wildman–Crippen MR) is 104 cm³/mol. The maximum absolute atomic E-state index is 12.3. The molecule has 2 aromatic rings. The van der Waals surface area contributed by atoms with Crippen LogP contribution in [0.5, 0.6) is 0 Å². The summed E-state index contributed by atoms with van der Waals surface area (Å²) in [5, 5.41) is 2.81. The molecule has 1 atom stereocenters. The van der Waals surface area contributed by atoms with Gasteiger partial charge in [0.2, 0.25) is 15.9 Å². The number of amides is 1. The number of sulfonamides is 1. The van der Waals surface area contributed by atoms with Crippen LogP contribution in [0.1, 0.15) is 42.1 Å². The van der Waals surface area contributed by atoms with Crippen LogP contribution in [0, 0.1) is 0 Å². The first-order chi connectivity index (χ1) is 12.8. The number of benzene rings is 2. The van der Waals surface area contributed by atoms with Crippen LogP contribution in [-0.2, 0) is 14.8 Å². The Morgan fingerprint density at radius 3 is 2.41 bits per heavy atom. The molecular formula is C20H24N2O4S. The van der Waals surface area contributed by atoms with Crippen LogP contribution in [0.4, 0.5) is 0 Å². The number of ketones is 1. The minimum atomic E-state index is -3.77. The third-order valence-corrected chi connectivity index (χ3v) is 5.63. The van der Waals surface area contributed by atoms with Gasteiger partial charge in [-0.1, -0.05) is 49.4 Å². The topological polar surface area (TPSA) is 92.3 Å². The number of Topliss-reactive ketones (excluding diaryl/α,β-unsaturated/α-hetero) is 1. The third-order valence-electron chi connectivity index (χ3n) is 4.17. The normalized spacial score (nSPS) is 12.4. The second-order valence-electron chi connectivity index (χ2n) is 6.35. The van der Waals surface area contributed by atoms with Crippen molar-refractivity contribution in [1.29, 1.82) is 0 Å². The molecule has 1 amide bonds. The van der Waals surface area contributed by atoms with Crippen LogP contribution < -0.4 is 10.0 Å². The summed E-state index contributed by atoms with van der Waals surface area (Å²) in [6.07, 6.45) is 0.0349. The lowest BCUT2D eigenvalue weighted by Crippen LogP contribution is -2.32. The first-order valence-corrected chi connectivity index (χ1v) is 10.2. The molecule has 0 fully saturated rings. The van der Waals surface area contributed by atoms with Crippen molar-refractivity contribution in [2.75, 3.05) is 13.1 Å². The second kappa shape index (κ2) is 9.43. The second-order valence-corrected chi connectivity index (χ2v) is 8.11. The molecule has 6 nitrogen and oxygen atoms in total. The van der Waals surface area contributed by atoms with Gasteiger partial charge in [0.25, 0.3) is 0 Å². The monoisotopic (exact) mass is 388 g/mol. The molecule has 0 spiro atoms. The number of rotatable bonds is 9. The average molecular weight is 388 g/mol. The Kier molecular flexibility index (Phi) is 7.27. The fourth-order valence-electron chi connectivity index (χ4n) is 2.52. The minimum Gasteiger partial charge on any atom is -0.355 e. The van der Waals surface area contributed by atoms with Crippen molar-refractivity contribution in [1.82, 2.24) is 10.0 Å². The van der Waals surface area contributed by atoms with Gasteiger partial charge in [0.05, 0.1) is 4.90 Å². The highest BCUT2D eigenvalue weighted by molar-refractivity contribution is 7.89. The smallest absolute Gasteiger partial charge is 0.240 e. The molecule has 0 aliphatic heterocycles. The first-order valence-electron chi connectivity index (χ1n) is 8.72. The molecule has 1 unspecified atom stereocenters. The molecule has 0 aliphatic rings. The highest BCUT2D eigenvalue weighted by atomic mass is 32.2. The van der Waals surface area contributed by atoms with E-state index in [0.717, 1.165) is 5.56 Å². The van der Waals surface area contributed by atoms with Crippen molar-refractivity contribution in [3.05, 3.63) is 65.7 Å².